The van der Waals surface area contributed by atoms with Crippen molar-refractivity contribution in [2.24, 2.45) is 0 Å². The first kappa shape index (κ1) is 10.2. The number of carboxylic acids is 1. The van der Waals surface area contributed by atoms with Crippen LogP contribution in [0.15, 0.2) is 18.3 Å². The Kier molecular flexibility index (Phi) is 1.99. The lowest BCUT2D eigenvalue weighted by Crippen LogP contribution is -2.04. The molecule has 3 N–H and O–H groups in total. The molecule has 18 heavy (non-hydrogen) atoms. The summed E-state index contributed by atoms with van der Waals surface area (Å²) < 4.78 is 1.25. The summed E-state index contributed by atoms with van der Waals surface area (Å²) in [6.45, 7) is 0. The third-order valence-corrected chi connectivity index (χ3v) is 2.42. The maximum Gasteiger partial charge on any atom is 0.354 e. The minimum absolute atomic E-state index is 0.0820. The van der Waals surface area contributed by atoms with Crippen molar-refractivity contribution in [2.75, 3.05) is 0 Å². The van der Waals surface area contributed by atoms with Crippen molar-refractivity contribution < 1.29 is 15.0 Å². The molecular weight excluding hydrogens is 240 g/mol. The van der Waals surface area contributed by atoms with Crippen LogP contribution >= 0.6 is 0 Å². The molecule has 0 unspecified atom stereocenters. The fraction of sp³-hybridized carbons (Fsp3) is 0. The maximum atomic E-state index is 11.1. The Bertz CT molecular complexity index is 732. The number of hydrogen-bond acceptors (Lipinski definition) is 6. The van der Waals surface area contributed by atoms with Crippen molar-refractivity contribution >= 4 is 11.6 Å². The minimum atomic E-state index is -1.17. The molecular formula is C9H6N6O3. The fourth-order valence-corrected chi connectivity index (χ4v) is 1.69. The average molecular weight is 246 g/mol. The van der Waals surface area contributed by atoms with Crippen LogP contribution in [-0.2, 0) is 0 Å². The predicted octanol–water partition coefficient (Wildman–Crippen LogP) is -0.0818. The summed E-state index contributed by atoms with van der Waals surface area (Å²) in [5.41, 5.74) is 0.391. The third-order valence-electron chi connectivity index (χ3n) is 2.42. The van der Waals surface area contributed by atoms with Gasteiger partial charge in [-0.3, -0.25) is 4.40 Å². The van der Waals surface area contributed by atoms with Gasteiger partial charge in [0.25, 0.3) is 0 Å². The smallest absolute Gasteiger partial charge is 0.354 e. The van der Waals surface area contributed by atoms with Crippen LogP contribution in [-0.4, -0.2) is 46.2 Å². The van der Waals surface area contributed by atoms with Crippen LogP contribution in [0, 0.1) is 0 Å². The quantitative estimate of drug-likeness (QED) is 0.576. The first-order valence-corrected chi connectivity index (χ1v) is 4.85. The second-order valence-corrected chi connectivity index (χ2v) is 3.44. The first-order valence-electron chi connectivity index (χ1n) is 4.85. The Morgan fingerprint density at radius 1 is 1.39 bits per heavy atom. The van der Waals surface area contributed by atoms with E-state index in [1.54, 1.807) is 0 Å². The Morgan fingerprint density at radius 2 is 2.22 bits per heavy atom. The SMILES string of the molecule is O=C(O)c1cnc2ccc(O)c(-c3nn[nH]n3)n12. The van der Waals surface area contributed by atoms with E-state index in [-0.39, 0.29) is 23.0 Å². The minimum Gasteiger partial charge on any atom is -0.506 e. The van der Waals surface area contributed by atoms with E-state index in [9.17, 15) is 9.90 Å². The molecule has 9 heteroatoms. The lowest BCUT2D eigenvalue weighted by atomic mass is 10.3. The highest BCUT2D eigenvalue weighted by atomic mass is 16.4. The number of nitrogens with one attached hydrogen (secondary N) is 1. The van der Waals surface area contributed by atoms with Gasteiger partial charge < -0.3 is 10.2 Å². The molecule has 3 rings (SSSR count). The summed E-state index contributed by atoms with van der Waals surface area (Å²) in [4.78, 5) is 15.0. The van der Waals surface area contributed by atoms with Crippen LogP contribution in [0.4, 0.5) is 0 Å². The van der Waals surface area contributed by atoms with Gasteiger partial charge in [0, 0.05) is 0 Å². The number of carboxylic acid groups (broad SMARTS) is 1. The second-order valence-electron chi connectivity index (χ2n) is 3.44. The lowest BCUT2D eigenvalue weighted by molar-refractivity contribution is 0.0689. The number of fused-ring (bicyclic) bond motifs is 1. The number of aromatic carboxylic acids is 1. The number of H-pyrrole nitrogens is 1. The van der Waals surface area contributed by atoms with Gasteiger partial charge in [0.15, 0.2) is 5.69 Å². The average Bonchev–Trinajstić information content (AvgIpc) is 2.96. The Labute approximate surface area is 98.7 Å². The number of nitrogens with zero attached hydrogens (tertiary/aromatic N) is 5. The number of carbonyl (C=O) groups is 1. The van der Waals surface area contributed by atoms with Gasteiger partial charge in [-0.25, -0.2) is 9.78 Å². The highest BCUT2D eigenvalue weighted by Crippen LogP contribution is 2.27. The monoisotopic (exact) mass is 246 g/mol. The second kappa shape index (κ2) is 3.52. The van der Waals surface area contributed by atoms with Crippen LogP contribution in [0.2, 0.25) is 0 Å². The van der Waals surface area contributed by atoms with Gasteiger partial charge in [0.1, 0.15) is 17.1 Å². The molecule has 0 atom stereocenters. The number of tetrazole rings is 1. The van der Waals surface area contributed by atoms with Gasteiger partial charge in [-0.2, -0.15) is 5.21 Å². The molecule has 0 amide bonds. The molecule has 0 bridgehead atoms. The van der Waals surface area contributed by atoms with Gasteiger partial charge in [-0.15, -0.1) is 10.2 Å². The van der Waals surface area contributed by atoms with Gasteiger partial charge in [0.05, 0.1) is 6.20 Å². The van der Waals surface area contributed by atoms with E-state index >= 15 is 0 Å². The van der Waals surface area contributed by atoms with Gasteiger partial charge in [-0.1, -0.05) is 0 Å². The molecule has 3 aromatic rings. The van der Waals surface area contributed by atoms with Crippen molar-refractivity contribution in [3.63, 3.8) is 0 Å². The van der Waals surface area contributed by atoms with Gasteiger partial charge >= 0.3 is 5.97 Å². The fourth-order valence-electron chi connectivity index (χ4n) is 1.69. The molecule has 0 aromatic carbocycles. The van der Waals surface area contributed by atoms with E-state index in [1.165, 1.54) is 22.7 Å². The molecule has 0 aliphatic rings. The normalized spacial score (nSPS) is 10.9. The Balaban J connectivity index is 2.44. The predicted molar refractivity (Wildman–Crippen MR) is 57.0 cm³/mol. The zero-order valence-electron chi connectivity index (χ0n) is 8.77. The number of pyridine rings is 1. The van der Waals surface area contributed by atoms with Crippen LogP contribution < -0.4 is 0 Å². The number of aromatic hydroxyl groups is 1. The molecule has 0 saturated carbocycles. The number of imidazole rings is 1. The van der Waals surface area contributed by atoms with Crippen molar-refractivity contribution in [1.82, 2.24) is 30.0 Å². The summed E-state index contributed by atoms with van der Waals surface area (Å²) in [5.74, 6) is -1.25. The van der Waals surface area contributed by atoms with Crippen LogP contribution in [0.25, 0.3) is 17.2 Å². The molecule has 0 radical (unpaired) electrons. The third kappa shape index (κ3) is 1.30. The molecule has 90 valence electrons. The Hall–Kier alpha value is -2.97. The molecule has 9 nitrogen and oxygen atoms in total. The zero-order valence-corrected chi connectivity index (χ0v) is 8.77. The van der Waals surface area contributed by atoms with E-state index in [0.717, 1.165) is 0 Å². The number of aromatic amines is 1. The van der Waals surface area contributed by atoms with E-state index in [0.29, 0.717) is 5.65 Å². The van der Waals surface area contributed by atoms with Crippen molar-refractivity contribution in [3.05, 3.63) is 24.0 Å². The summed E-state index contributed by atoms with van der Waals surface area (Å²) >= 11 is 0. The van der Waals surface area contributed by atoms with E-state index in [1.807, 2.05) is 0 Å². The zero-order chi connectivity index (χ0) is 12.7. The topological polar surface area (TPSA) is 129 Å². The highest BCUT2D eigenvalue weighted by Gasteiger charge is 2.19. The summed E-state index contributed by atoms with van der Waals surface area (Å²) in [6, 6.07) is 2.88. The highest BCUT2D eigenvalue weighted by molar-refractivity contribution is 5.88. The molecule has 0 aliphatic heterocycles. The summed E-state index contributed by atoms with van der Waals surface area (Å²) in [5, 5.41) is 32.0. The van der Waals surface area contributed by atoms with Crippen molar-refractivity contribution in [2.45, 2.75) is 0 Å². The van der Waals surface area contributed by atoms with Crippen LogP contribution in [0.3, 0.4) is 0 Å². The molecule has 3 heterocycles. The first-order chi connectivity index (χ1) is 8.68. The Morgan fingerprint density at radius 3 is 2.89 bits per heavy atom. The van der Waals surface area contributed by atoms with Crippen LogP contribution in [0.5, 0.6) is 5.75 Å². The van der Waals surface area contributed by atoms with E-state index in [2.05, 4.69) is 25.6 Å². The number of rotatable bonds is 2. The molecule has 0 aliphatic carbocycles. The van der Waals surface area contributed by atoms with Gasteiger partial charge in [0.2, 0.25) is 5.82 Å². The molecule has 3 aromatic heterocycles. The van der Waals surface area contributed by atoms with Crippen molar-refractivity contribution in [1.29, 1.82) is 0 Å². The molecule has 0 saturated heterocycles. The standard InChI is InChI=1S/C9H6N6O3/c16-5-1-2-6-10-3-4(9(17)18)15(6)7(5)8-11-13-14-12-8/h1-3,16H,(H,17,18)(H,11,12,13,14). The number of aromatic nitrogens is 6. The van der Waals surface area contributed by atoms with E-state index < -0.39 is 5.97 Å². The lowest BCUT2D eigenvalue weighted by Gasteiger charge is -2.05. The van der Waals surface area contributed by atoms with Crippen molar-refractivity contribution in [3.8, 4) is 17.3 Å². The summed E-state index contributed by atoms with van der Waals surface area (Å²) in [6.07, 6.45) is 1.20. The molecule has 0 spiro atoms. The maximum absolute atomic E-state index is 11.1. The summed E-state index contributed by atoms with van der Waals surface area (Å²) in [7, 11) is 0. The largest absolute Gasteiger partial charge is 0.506 e. The van der Waals surface area contributed by atoms with Crippen LogP contribution in [0.1, 0.15) is 10.5 Å². The number of hydrogen-bond donors (Lipinski definition) is 3. The van der Waals surface area contributed by atoms with E-state index in [4.69, 9.17) is 5.11 Å². The van der Waals surface area contributed by atoms with Gasteiger partial charge in [-0.05, 0) is 17.3 Å². The molecule has 0 fully saturated rings.